The third-order valence-electron chi connectivity index (χ3n) is 4.11. The molecule has 1 atom stereocenters. The lowest BCUT2D eigenvalue weighted by Crippen LogP contribution is -2.42. The second-order valence-corrected chi connectivity index (χ2v) is 5.63. The van der Waals surface area contributed by atoms with Gasteiger partial charge in [0.2, 0.25) is 5.91 Å². The first-order valence-corrected chi connectivity index (χ1v) is 6.95. The highest BCUT2D eigenvalue weighted by Gasteiger charge is 2.23. The number of carbonyl (C=O) groups excluding carboxylic acids is 1. The maximum atomic E-state index is 10.9. The molecule has 2 aliphatic rings. The summed E-state index contributed by atoms with van der Waals surface area (Å²) < 4.78 is 0. The highest BCUT2D eigenvalue weighted by atomic mass is 16.1. The average molecular weight is 239 g/mol. The van der Waals surface area contributed by atoms with E-state index in [1.165, 1.54) is 32.5 Å². The van der Waals surface area contributed by atoms with Crippen LogP contribution in [-0.2, 0) is 4.79 Å². The van der Waals surface area contributed by atoms with Gasteiger partial charge in [0.15, 0.2) is 0 Å². The number of hydrogen-bond acceptors (Lipinski definition) is 3. The first kappa shape index (κ1) is 12.8. The summed E-state index contributed by atoms with van der Waals surface area (Å²) in [5.41, 5.74) is 5.25. The number of likely N-dealkylation sites (tertiary alicyclic amines) is 1. The van der Waals surface area contributed by atoms with Crippen LogP contribution >= 0.6 is 0 Å². The number of amides is 1. The predicted molar refractivity (Wildman–Crippen MR) is 68.6 cm³/mol. The molecule has 17 heavy (non-hydrogen) atoms. The fourth-order valence-electron chi connectivity index (χ4n) is 3.10. The van der Waals surface area contributed by atoms with Crippen molar-refractivity contribution in [1.29, 1.82) is 0 Å². The topological polar surface area (TPSA) is 58.4 Å². The van der Waals surface area contributed by atoms with Crippen LogP contribution in [0.2, 0.25) is 0 Å². The van der Waals surface area contributed by atoms with Gasteiger partial charge in [0, 0.05) is 13.0 Å². The lowest BCUT2D eigenvalue weighted by Gasteiger charge is -2.35. The Morgan fingerprint density at radius 1 is 1.24 bits per heavy atom. The Bertz CT molecular complexity index is 243. The van der Waals surface area contributed by atoms with Crippen molar-refractivity contribution in [1.82, 2.24) is 10.2 Å². The molecule has 0 spiro atoms. The monoisotopic (exact) mass is 239 g/mol. The molecule has 3 N–H and O–H groups in total. The molecule has 2 fully saturated rings. The van der Waals surface area contributed by atoms with E-state index in [1.54, 1.807) is 0 Å². The van der Waals surface area contributed by atoms with Gasteiger partial charge in [-0.3, -0.25) is 4.79 Å². The van der Waals surface area contributed by atoms with E-state index in [-0.39, 0.29) is 5.91 Å². The van der Waals surface area contributed by atoms with E-state index in [4.69, 9.17) is 5.73 Å². The molecule has 0 bridgehead atoms. The number of nitrogens with two attached hydrogens (primary N) is 1. The molecule has 4 heteroatoms. The number of piperidine rings is 2. The molecular weight excluding hydrogens is 214 g/mol. The van der Waals surface area contributed by atoms with Crippen LogP contribution in [-0.4, -0.2) is 43.5 Å². The Morgan fingerprint density at radius 2 is 2.00 bits per heavy atom. The summed E-state index contributed by atoms with van der Waals surface area (Å²) in [7, 11) is 0. The second-order valence-electron chi connectivity index (χ2n) is 5.63. The zero-order chi connectivity index (χ0) is 12.1. The van der Waals surface area contributed by atoms with Gasteiger partial charge in [-0.05, 0) is 63.7 Å². The van der Waals surface area contributed by atoms with Crippen LogP contribution in [0.3, 0.4) is 0 Å². The molecule has 2 rings (SSSR count). The molecule has 2 aliphatic heterocycles. The van der Waals surface area contributed by atoms with Crippen molar-refractivity contribution in [3.8, 4) is 0 Å². The van der Waals surface area contributed by atoms with Gasteiger partial charge in [0.25, 0.3) is 0 Å². The summed E-state index contributed by atoms with van der Waals surface area (Å²) in [5.74, 6) is 1.23. The summed E-state index contributed by atoms with van der Waals surface area (Å²) in [5, 5.41) is 3.47. The Kier molecular flexibility index (Phi) is 4.80. The van der Waals surface area contributed by atoms with Gasteiger partial charge in [0.1, 0.15) is 0 Å². The molecule has 2 saturated heterocycles. The summed E-state index contributed by atoms with van der Waals surface area (Å²) in [6.45, 7) is 5.90. The van der Waals surface area contributed by atoms with Gasteiger partial charge < -0.3 is 16.0 Å². The largest absolute Gasteiger partial charge is 0.370 e. The Balaban J connectivity index is 1.66. The van der Waals surface area contributed by atoms with Gasteiger partial charge in [-0.1, -0.05) is 0 Å². The minimum Gasteiger partial charge on any atom is -0.370 e. The molecule has 1 unspecified atom stereocenters. The standard InChI is InChI=1S/C13H25N3O/c14-13(17)8-11-3-6-16(7-4-11)10-12-2-1-5-15-9-12/h11-12,15H,1-10H2,(H2,14,17). The van der Waals surface area contributed by atoms with Crippen LogP contribution in [0.15, 0.2) is 0 Å². The zero-order valence-electron chi connectivity index (χ0n) is 10.7. The summed E-state index contributed by atoms with van der Waals surface area (Å²) in [6.07, 6.45) is 5.56. The lowest BCUT2D eigenvalue weighted by molar-refractivity contribution is -0.119. The van der Waals surface area contributed by atoms with Crippen molar-refractivity contribution >= 4 is 5.91 Å². The minimum absolute atomic E-state index is 0.139. The number of rotatable bonds is 4. The summed E-state index contributed by atoms with van der Waals surface area (Å²) in [4.78, 5) is 13.4. The Hall–Kier alpha value is -0.610. The minimum atomic E-state index is -0.139. The van der Waals surface area contributed by atoms with Crippen molar-refractivity contribution in [3.63, 3.8) is 0 Å². The molecule has 0 aromatic heterocycles. The predicted octanol–water partition coefficient (Wildman–Crippen LogP) is 0.573. The number of primary amides is 1. The second kappa shape index (κ2) is 6.36. The van der Waals surface area contributed by atoms with E-state index in [0.29, 0.717) is 12.3 Å². The molecule has 98 valence electrons. The molecule has 0 saturated carbocycles. The van der Waals surface area contributed by atoms with Crippen LogP contribution in [0.4, 0.5) is 0 Å². The molecule has 4 nitrogen and oxygen atoms in total. The Morgan fingerprint density at radius 3 is 2.59 bits per heavy atom. The molecule has 0 radical (unpaired) electrons. The SMILES string of the molecule is NC(=O)CC1CCN(CC2CCCNC2)CC1. The molecular formula is C13H25N3O. The average Bonchev–Trinajstić information content (AvgIpc) is 2.32. The van der Waals surface area contributed by atoms with E-state index < -0.39 is 0 Å². The van der Waals surface area contributed by atoms with Crippen LogP contribution in [0, 0.1) is 11.8 Å². The van der Waals surface area contributed by atoms with Crippen LogP contribution in [0.25, 0.3) is 0 Å². The number of carbonyl (C=O) groups is 1. The maximum Gasteiger partial charge on any atom is 0.217 e. The zero-order valence-corrected chi connectivity index (χ0v) is 10.7. The van der Waals surface area contributed by atoms with Crippen molar-refractivity contribution in [2.75, 3.05) is 32.7 Å². The molecule has 0 aromatic rings. The fraction of sp³-hybridized carbons (Fsp3) is 0.923. The van der Waals surface area contributed by atoms with E-state index >= 15 is 0 Å². The van der Waals surface area contributed by atoms with Gasteiger partial charge in [-0.25, -0.2) is 0 Å². The third-order valence-corrected chi connectivity index (χ3v) is 4.11. The number of nitrogens with one attached hydrogen (secondary N) is 1. The Labute approximate surface area is 104 Å². The smallest absolute Gasteiger partial charge is 0.217 e. The van der Waals surface area contributed by atoms with E-state index in [1.807, 2.05) is 0 Å². The van der Waals surface area contributed by atoms with Gasteiger partial charge in [-0.2, -0.15) is 0 Å². The lowest BCUT2D eigenvalue weighted by atomic mass is 9.92. The van der Waals surface area contributed by atoms with E-state index in [0.717, 1.165) is 31.8 Å². The van der Waals surface area contributed by atoms with E-state index in [9.17, 15) is 4.79 Å². The van der Waals surface area contributed by atoms with Crippen molar-refractivity contribution in [2.45, 2.75) is 32.1 Å². The number of nitrogens with zero attached hydrogens (tertiary/aromatic N) is 1. The molecule has 1 amide bonds. The van der Waals surface area contributed by atoms with Crippen LogP contribution in [0.1, 0.15) is 32.1 Å². The quantitative estimate of drug-likeness (QED) is 0.754. The van der Waals surface area contributed by atoms with E-state index in [2.05, 4.69) is 10.2 Å². The summed E-state index contributed by atoms with van der Waals surface area (Å²) >= 11 is 0. The van der Waals surface area contributed by atoms with Gasteiger partial charge in [0.05, 0.1) is 0 Å². The molecule has 0 aliphatic carbocycles. The van der Waals surface area contributed by atoms with Crippen LogP contribution in [0.5, 0.6) is 0 Å². The fourth-order valence-corrected chi connectivity index (χ4v) is 3.10. The van der Waals surface area contributed by atoms with Crippen molar-refractivity contribution in [2.24, 2.45) is 17.6 Å². The first-order chi connectivity index (χ1) is 8.24. The third kappa shape index (κ3) is 4.28. The first-order valence-electron chi connectivity index (χ1n) is 6.95. The van der Waals surface area contributed by atoms with Gasteiger partial charge in [-0.15, -0.1) is 0 Å². The highest BCUT2D eigenvalue weighted by molar-refractivity contribution is 5.73. The summed E-state index contributed by atoms with van der Waals surface area (Å²) in [6, 6.07) is 0. The van der Waals surface area contributed by atoms with Crippen molar-refractivity contribution in [3.05, 3.63) is 0 Å². The van der Waals surface area contributed by atoms with Crippen LogP contribution < -0.4 is 11.1 Å². The molecule has 0 aromatic carbocycles. The highest BCUT2D eigenvalue weighted by Crippen LogP contribution is 2.22. The normalized spacial score (nSPS) is 28.1. The number of hydrogen-bond donors (Lipinski definition) is 2. The van der Waals surface area contributed by atoms with Gasteiger partial charge >= 0.3 is 0 Å². The molecule has 2 heterocycles. The van der Waals surface area contributed by atoms with Crippen molar-refractivity contribution < 1.29 is 4.79 Å². The maximum absolute atomic E-state index is 10.9.